The standard InChI is InChI=1S/C17H22FN3O/c18-14-12(11-7-8-22-9-11)5-6-13-16(14)21-17(20-13)15(19)10-3-1-2-4-10/h5-6,10-11,15H,1-4,7-9,19H2,(H,20,21)/t11-,15+/m1/s1. The van der Waals surface area contributed by atoms with Crippen LogP contribution in [0.15, 0.2) is 12.1 Å². The average molecular weight is 303 g/mol. The van der Waals surface area contributed by atoms with Gasteiger partial charge in [-0.3, -0.25) is 0 Å². The molecule has 2 aromatic rings. The Morgan fingerprint density at radius 1 is 1.27 bits per heavy atom. The third-order valence-corrected chi connectivity index (χ3v) is 5.23. The summed E-state index contributed by atoms with van der Waals surface area (Å²) in [6, 6.07) is 3.66. The lowest BCUT2D eigenvalue weighted by atomic mass is 9.97. The Morgan fingerprint density at radius 2 is 2.09 bits per heavy atom. The van der Waals surface area contributed by atoms with Crippen molar-refractivity contribution < 1.29 is 9.13 Å². The van der Waals surface area contributed by atoms with Crippen molar-refractivity contribution in [2.24, 2.45) is 11.7 Å². The van der Waals surface area contributed by atoms with Crippen molar-refractivity contribution in [3.05, 3.63) is 29.3 Å². The van der Waals surface area contributed by atoms with Crippen LogP contribution in [-0.4, -0.2) is 23.2 Å². The number of ether oxygens (including phenoxy) is 1. The maximum absolute atomic E-state index is 14.8. The summed E-state index contributed by atoms with van der Waals surface area (Å²) in [6.45, 7) is 1.31. The van der Waals surface area contributed by atoms with Crippen LogP contribution in [0, 0.1) is 11.7 Å². The van der Waals surface area contributed by atoms with E-state index in [0.29, 0.717) is 24.6 Å². The fourth-order valence-corrected chi connectivity index (χ4v) is 3.87. The number of fused-ring (bicyclic) bond motifs is 1. The molecule has 2 aliphatic rings. The molecule has 1 aliphatic heterocycles. The molecule has 2 heterocycles. The SMILES string of the molecule is N[C@H](c1nc2c(F)c([C@@H]3CCOC3)ccc2[nH]1)C1CCCC1. The van der Waals surface area contributed by atoms with E-state index in [1.165, 1.54) is 12.8 Å². The van der Waals surface area contributed by atoms with Gasteiger partial charge in [-0.25, -0.2) is 9.37 Å². The van der Waals surface area contributed by atoms with Gasteiger partial charge in [-0.2, -0.15) is 0 Å². The quantitative estimate of drug-likeness (QED) is 0.913. The van der Waals surface area contributed by atoms with Crippen LogP contribution in [-0.2, 0) is 4.74 Å². The fourth-order valence-electron chi connectivity index (χ4n) is 3.87. The molecule has 0 radical (unpaired) electrons. The normalized spacial score (nSPS) is 24.4. The lowest BCUT2D eigenvalue weighted by Crippen LogP contribution is -2.20. The van der Waals surface area contributed by atoms with E-state index in [1.807, 2.05) is 12.1 Å². The number of H-pyrrole nitrogens is 1. The van der Waals surface area contributed by atoms with E-state index >= 15 is 0 Å². The lowest BCUT2D eigenvalue weighted by molar-refractivity contribution is 0.193. The monoisotopic (exact) mass is 303 g/mol. The molecule has 4 rings (SSSR count). The van der Waals surface area contributed by atoms with E-state index in [9.17, 15) is 4.39 Å². The summed E-state index contributed by atoms with van der Waals surface area (Å²) in [5.74, 6) is 1.12. The van der Waals surface area contributed by atoms with Gasteiger partial charge in [-0.15, -0.1) is 0 Å². The molecule has 5 heteroatoms. The topological polar surface area (TPSA) is 63.9 Å². The smallest absolute Gasteiger partial charge is 0.154 e. The molecule has 1 saturated heterocycles. The largest absolute Gasteiger partial charge is 0.381 e. The predicted octanol–water partition coefficient (Wildman–Crippen LogP) is 3.40. The number of aromatic amines is 1. The van der Waals surface area contributed by atoms with Gasteiger partial charge in [0, 0.05) is 12.5 Å². The number of imidazole rings is 1. The number of halogens is 1. The average Bonchev–Trinajstić information content (AvgIpc) is 3.27. The second kappa shape index (κ2) is 5.63. The van der Waals surface area contributed by atoms with Crippen LogP contribution >= 0.6 is 0 Å². The van der Waals surface area contributed by atoms with E-state index in [2.05, 4.69) is 9.97 Å². The third-order valence-electron chi connectivity index (χ3n) is 5.23. The van der Waals surface area contributed by atoms with Crippen molar-refractivity contribution in [2.45, 2.75) is 44.1 Å². The first kappa shape index (κ1) is 14.2. The summed E-state index contributed by atoms with van der Waals surface area (Å²) in [6.07, 6.45) is 5.63. The van der Waals surface area contributed by atoms with Crippen LogP contribution in [0.2, 0.25) is 0 Å². The summed E-state index contributed by atoms with van der Waals surface area (Å²) in [4.78, 5) is 7.72. The first-order chi connectivity index (χ1) is 10.7. The highest BCUT2D eigenvalue weighted by Gasteiger charge is 2.27. The number of benzene rings is 1. The summed E-state index contributed by atoms with van der Waals surface area (Å²) in [5.41, 5.74) is 8.22. The molecule has 1 aliphatic carbocycles. The Labute approximate surface area is 129 Å². The second-order valence-electron chi connectivity index (χ2n) is 6.62. The van der Waals surface area contributed by atoms with Gasteiger partial charge < -0.3 is 15.5 Å². The first-order valence-corrected chi connectivity index (χ1v) is 8.25. The number of hydrogen-bond acceptors (Lipinski definition) is 3. The zero-order valence-electron chi connectivity index (χ0n) is 12.6. The summed E-state index contributed by atoms with van der Waals surface area (Å²) >= 11 is 0. The highest BCUT2D eigenvalue weighted by molar-refractivity contribution is 5.77. The molecule has 1 aromatic carbocycles. The molecule has 1 saturated carbocycles. The maximum atomic E-state index is 14.8. The number of nitrogens with one attached hydrogen (secondary N) is 1. The summed E-state index contributed by atoms with van der Waals surface area (Å²) in [7, 11) is 0. The molecule has 0 unspecified atom stereocenters. The van der Waals surface area contributed by atoms with Crippen molar-refractivity contribution in [1.29, 1.82) is 0 Å². The van der Waals surface area contributed by atoms with Gasteiger partial charge in [-0.1, -0.05) is 18.9 Å². The van der Waals surface area contributed by atoms with Crippen molar-refractivity contribution in [1.82, 2.24) is 9.97 Å². The van der Waals surface area contributed by atoms with E-state index in [1.54, 1.807) is 0 Å². The molecule has 0 spiro atoms. The minimum Gasteiger partial charge on any atom is -0.381 e. The van der Waals surface area contributed by atoms with Gasteiger partial charge >= 0.3 is 0 Å². The number of rotatable bonds is 3. The number of nitrogens with zero attached hydrogens (tertiary/aromatic N) is 1. The highest BCUT2D eigenvalue weighted by Crippen LogP contribution is 2.35. The Bertz CT molecular complexity index is 672. The second-order valence-corrected chi connectivity index (χ2v) is 6.62. The molecule has 22 heavy (non-hydrogen) atoms. The minimum atomic E-state index is -0.214. The van der Waals surface area contributed by atoms with Gasteiger partial charge in [0.2, 0.25) is 0 Å². The molecule has 2 atom stereocenters. The van der Waals surface area contributed by atoms with E-state index < -0.39 is 0 Å². The zero-order valence-corrected chi connectivity index (χ0v) is 12.6. The van der Waals surface area contributed by atoms with Crippen LogP contribution in [0.5, 0.6) is 0 Å². The molecular formula is C17H22FN3O. The number of hydrogen-bond donors (Lipinski definition) is 2. The Morgan fingerprint density at radius 3 is 2.82 bits per heavy atom. The van der Waals surface area contributed by atoms with Gasteiger partial charge in [0.1, 0.15) is 11.3 Å². The lowest BCUT2D eigenvalue weighted by Gasteiger charge is -2.15. The molecule has 4 nitrogen and oxygen atoms in total. The van der Waals surface area contributed by atoms with E-state index in [0.717, 1.165) is 36.2 Å². The Balaban J connectivity index is 1.69. The van der Waals surface area contributed by atoms with Crippen molar-refractivity contribution in [3.63, 3.8) is 0 Å². The Kier molecular flexibility index (Phi) is 3.62. The molecule has 118 valence electrons. The van der Waals surface area contributed by atoms with Gasteiger partial charge in [0.05, 0.1) is 18.2 Å². The zero-order chi connectivity index (χ0) is 15.1. The van der Waals surface area contributed by atoms with Gasteiger partial charge in [-0.05, 0) is 36.8 Å². The van der Waals surface area contributed by atoms with Crippen molar-refractivity contribution in [3.8, 4) is 0 Å². The van der Waals surface area contributed by atoms with Crippen LogP contribution in [0.3, 0.4) is 0 Å². The maximum Gasteiger partial charge on any atom is 0.154 e. The van der Waals surface area contributed by atoms with Gasteiger partial charge in [0.25, 0.3) is 0 Å². The van der Waals surface area contributed by atoms with Crippen molar-refractivity contribution in [2.75, 3.05) is 13.2 Å². The Hall–Kier alpha value is -1.46. The van der Waals surface area contributed by atoms with Crippen LogP contribution in [0.4, 0.5) is 4.39 Å². The molecule has 0 amide bonds. The van der Waals surface area contributed by atoms with Crippen LogP contribution in [0.1, 0.15) is 55.5 Å². The van der Waals surface area contributed by atoms with Gasteiger partial charge in [0.15, 0.2) is 5.82 Å². The van der Waals surface area contributed by atoms with E-state index in [4.69, 9.17) is 10.5 Å². The molecule has 2 fully saturated rings. The molecule has 1 aromatic heterocycles. The van der Waals surface area contributed by atoms with Crippen LogP contribution in [0.25, 0.3) is 11.0 Å². The van der Waals surface area contributed by atoms with E-state index in [-0.39, 0.29) is 17.8 Å². The minimum absolute atomic E-state index is 0.118. The first-order valence-electron chi connectivity index (χ1n) is 8.25. The summed E-state index contributed by atoms with van der Waals surface area (Å²) < 4.78 is 20.2. The third kappa shape index (κ3) is 2.32. The van der Waals surface area contributed by atoms with Crippen LogP contribution < -0.4 is 5.73 Å². The summed E-state index contributed by atoms with van der Waals surface area (Å²) in [5, 5.41) is 0. The van der Waals surface area contributed by atoms with Crippen molar-refractivity contribution >= 4 is 11.0 Å². The molecule has 0 bridgehead atoms. The number of nitrogens with two attached hydrogens (primary N) is 1. The number of aromatic nitrogens is 2. The highest BCUT2D eigenvalue weighted by atomic mass is 19.1. The molecular weight excluding hydrogens is 281 g/mol. The fraction of sp³-hybridized carbons (Fsp3) is 0.588. The predicted molar refractivity (Wildman–Crippen MR) is 83.1 cm³/mol. The molecule has 3 N–H and O–H groups in total.